The van der Waals surface area contributed by atoms with Gasteiger partial charge in [0.1, 0.15) is 11.7 Å². The molecule has 0 fully saturated rings. The van der Waals surface area contributed by atoms with Crippen molar-refractivity contribution in [3.63, 3.8) is 0 Å². The number of carbonyl (C=O) groups excluding carboxylic acids is 2. The van der Waals surface area contributed by atoms with E-state index in [0.29, 0.717) is 22.5 Å². The van der Waals surface area contributed by atoms with Gasteiger partial charge in [-0.15, -0.1) is 0 Å². The largest absolute Gasteiger partial charge is 0.356 e. The van der Waals surface area contributed by atoms with Crippen LogP contribution in [0, 0.1) is 13.8 Å². The smallest absolute Gasteiger partial charge is 0.252 e. The van der Waals surface area contributed by atoms with Gasteiger partial charge in [0.15, 0.2) is 5.58 Å². The summed E-state index contributed by atoms with van der Waals surface area (Å²) in [4.78, 5) is 28.2. The molecule has 178 valence electrons. The molecule has 9 nitrogen and oxygen atoms in total. The van der Waals surface area contributed by atoms with Crippen LogP contribution in [0.25, 0.3) is 11.0 Å². The van der Waals surface area contributed by atoms with E-state index in [2.05, 4.69) is 10.5 Å². The van der Waals surface area contributed by atoms with E-state index in [0.717, 1.165) is 16.5 Å². The van der Waals surface area contributed by atoms with E-state index in [1.165, 1.54) is 23.1 Å². The topological polar surface area (TPSA) is 136 Å². The minimum absolute atomic E-state index is 0.121. The number of aromatic nitrogens is 1. The number of nitrogens with zero attached hydrogens (tertiary/aromatic N) is 2. The predicted octanol–water partition coefficient (Wildman–Crippen LogP) is 3.36. The Morgan fingerprint density at radius 3 is 2.57 bits per heavy atom. The van der Waals surface area contributed by atoms with Gasteiger partial charge < -0.3 is 9.84 Å². The van der Waals surface area contributed by atoms with Crippen LogP contribution < -0.4 is 15.4 Å². The number of aryl methyl sites for hydroxylation is 2. The Bertz CT molecular complexity index is 1600. The molecule has 0 spiro atoms. The zero-order chi connectivity index (χ0) is 24.9. The van der Waals surface area contributed by atoms with Crippen LogP contribution in [0.3, 0.4) is 0 Å². The lowest BCUT2D eigenvalue weighted by Gasteiger charge is -2.36. The molecule has 35 heavy (non-hydrogen) atoms. The molecule has 1 aromatic heterocycles. The number of carbonyl (C=O) groups is 2. The molecule has 1 unspecified atom stereocenters. The number of hydrogen-bond donors (Lipinski definition) is 2. The molecule has 1 aliphatic heterocycles. The van der Waals surface area contributed by atoms with Crippen LogP contribution in [-0.4, -0.2) is 25.4 Å². The predicted molar refractivity (Wildman–Crippen MR) is 130 cm³/mol. The Morgan fingerprint density at radius 2 is 1.86 bits per heavy atom. The molecule has 0 saturated carbocycles. The van der Waals surface area contributed by atoms with Gasteiger partial charge in [0.05, 0.1) is 22.7 Å². The highest BCUT2D eigenvalue weighted by molar-refractivity contribution is 7.89. The quantitative estimate of drug-likeness (QED) is 0.450. The normalized spacial score (nSPS) is 15.7. The van der Waals surface area contributed by atoms with Crippen LogP contribution in [0.2, 0.25) is 0 Å². The molecule has 3 aromatic carbocycles. The van der Waals surface area contributed by atoms with E-state index in [4.69, 9.17) is 9.66 Å². The molecule has 4 aromatic rings. The lowest BCUT2D eigenvalue weighted by molar-refractivity contribution is -0.123. The summed E-state index contributed by atoms with van der Waals surface area (Å²) in [5.41, 5.74) is 4.13. The van der Waals surface area contributed by atoms with Gasteiger partial charge in [-0.1, -0.05) is 41.6 Å². The number of nitrogens with one attached hydrogen (secondary N) is 1. The Morgan fingerprint density at radius 1 is 1.11 bits per heavy atom. The van der Waals surface area contributed by atoms with E-state index in [9.17, 15) is 18.0 Å². The molecular weight excluding hydrogens is 468 g/mol. The first kappa shape index (κ1) is 22.8. The van der Waals surface area contributed by atoms with Gasteiger partial charge in [-0.3, -0.25) is 14.5 Å². The van der Waals surface area contributed by atoms with Crippen molar-refractivity contribution in [3.05, 3.63) is 83.0 Å². The Balaban J connectivity index is 1.62. The third-order valence-electron chi connectivity index (χ3n) is 6.01. The van der Waals surface area contributed by atoms with Crippen molar-refractivity contribution in [1.82, 2.24) is 5.16 Å². The SMILES string of the molecule is Cc1cc(C)c2c(CC(=O)N3c4ccc(S(N)(=O)=O)cc4NC(=O)C3c3ccccc3)noc2c1. The van der Waals surface area contributed by atoms with E-state index < -0.39 is 27.9 Å². The molecule has 0 radical (unpaired) electrons. The second kappa shape index (κ2) is 8.33. The van der Waals surface area contributed by atoms with Crippen molar-refractivity contribution in [2.45, 2.75) is 31.2 Å². The molecular formula is C25H22N4O5S. The Labute approximate surface area is 201 Å². The minimum atomic E-state index is -4.01. The molecule has 0 aliphatic carbocycles. The second-order valence-electron chi connectivity index (χ2n) is 8.55. The molecule has 2 amide bonds. The number of anilines is 2. The summed E-state index contributed by atoms with van der Waals surface area (Å²) < 4.78 is 29.2. The first-order valence-electron chi connectivity index (χ1n) is 10.8. The van der Waals surface area contributed by atoms with Gasteiger partial charge >= 0.3 is 0 Å². The van der Waals surface area contributed by atoms with Crippen molar-refractivity contribution in [1.29, 1.82) is 0 Å². The number of nitrogens with two attached hydrogens (primary N) is 1. The third kappa shape index (κ3) is 4.07. The second-order valence-corrected chi connectivity index (χ2v) is 10.1. The maximum Gasteiger partial charge on any atom is 0.252 e. The lowest BCUT2D eigenvalue weighted by Crippen LogP contribution is -2.46. The van der Waals surface area contributed by atoms with Gasteiger partial charge in [-0.25, -0.2) is 13.6 Å². The zero-order valence-electron chi connectivity index (χ0n) is 19.0. The fraction of sp³-hybridized carbons (Fsp3) is 0.160. The van der Waals surface area contributed by atoms with E-state index >= 15 is 0 Å². The molecule has 2 heterocycles. The number of rotatable bonds is 4. The average Bonchev–Trinajstić information content (AvgIpc) is 3.20. The van der Waals surface area contributed by atoms with E-state index in [1.54, 1.807) is 24.3 Å². The molecule has 10 heteroatoms. The van der Waals surface area contributed by atoms with Crippen molar-refractivity contribution in [3.8, 4) is 0 Å². The Hall–Kier alpha value is -4.02. The number of amides is 2. The van der Waals surface area contributed by atoms with Crippen molar-refractivity contribution in [2.24, 2.45) is 5.14 Å². The highest BCUT2D eigenvalue weighted by atomic mass is 32.2. The van der Waals surface area contributed by atoms with Crippen molar-refractivity contribution in [2.75, 3.05) is 10.2 Å². The monoisotopic (exact) mass is 490 g/mol. The summed E-state index contributed by atoms with van der Waals surface area (Å²) in [5.74, 6) is -0.867. The molecule has 1 aliphatic rings. The average molecular weight is 491 g/mol. The van der Waals surface area contributed by atoms with Crippen LogP contribution in [0.15, 0.2) is 70.1 Å². The minimum Gasteiger partial charge on any atom is -0.356 e. The van der Waals surface area contributed by atoms with Crippen LogP contribution in [-0.2, 0) is 26.0 Å². The maximum atomic E-state index is 13.8. The summed E-state index contributed by atoms with van der Waals surface area (Å²) in [6, 6.07) is 15.8. The van der Waals surface area contributed by atoms with Crippen LogP contribution in [0.4, 0.5) is 11.4 Å². The van der Waals surface area contributed by atoms with Crippen molar-refractivity contribution >= 4 is 44.2 Å². The number of benzene rings is 3. The fourth-order valence-corrected chi connectivity index (χ4v) is 5.08. The van der Waals surface area contributed by atoms with Gasteiger partial charge in [0.2, 0.25) is 15.9 Å². The van der Waals surface area contributed by atoms with Crippen LogP contribution in [0.5, 0.6) is 0 Å². The van der Waals surface area contributed by atoms with Crippen LogP contribution in [0.1, 0.15) is 28.4 Å². The van der Waals surface area contributed by atoms with Gasteiger partial charge in [-0.05, 0) is 54.8 Å². The number of primary sulfonamides is 1. The summed E-state index contributed by atoms with van der Waals surface area (Å²) in [6.07, 6.45) is -0.121. The molecule has 0 bridgehead atoms. The highest BCUT2D eigenvalue weighted by Crippen LogP contribution is 2.40. The van der Waals surface area contributed by atoms with Gasteiger partial charge in [0, 0.05) is 5.39 Å². The standard InChI is InChI=1S/C25H22N4O5S/c1-14-10-15(2)23-19(28-34-21(23)11-14)13-22(30)29-20-9-8-17(35(26,32)33)12-18(20)27-25(31)24(29)16-6-4-3-5-7-16/h3-12,24H,13H2,1-2H3,(H,27,31)(H2,26,32,33). The first-order chi connectivity index (χ1) is 16.6. The van der Waals surface area contributed by atoms with Gasteiger partial charge in [-0.2, -0.15) is 0 Å². The summed E-state index contributed by atoms with van der Waals surface area (Å²) >= 11 is 0. The Kier molecular flexibility index (Phi) is 5.42. The molecule has 3 N–H and O–H groups in total. The van der Waals surface area contributed by atoms with Gasteiger partial charge in [0.25, 0.3) is 5.91 Å². The fourth-order valence-electron chi connectivity index (χ4n) is 4.54. The van der Waals surface area contributed by atoms with E-state index in [1.807, 2.05) is 32.0 Å². The van der Waals surface area contributed by atoms with E-state index in [-0.39, 0.29) is 17.0 Å². The number of hydrogen-bond acceptors (Lipinski definition) is 6. The number of sulfonamides is 1. The first-order valence-corrected chi connectivity index (χ1v) is 12.4. The number of fused-ring (bicyclic) bond motifs is 2. The van der Waals surface area contributed by atoms with Crippen molar-refractivity contribution < 1.29 is 22.5 Å². The molecule has 1 atom stereocenters. The maximum absolute atomic E-state index is 13.8. The zero-order valence-corrected chi connectivity index (χ0v) is 19.8. The third-order valence-corrected chi connectivity index (χ3v) is 6.92. The molecule has 5 rings (SSSR count). The molecule has 0 saturated heterocycles. The lowest BCUT2D eigenvalue weighted by atomic mass is 9.98. The summed E-state index contributed by atoms with van der Waals surface area (Å²) in [7, 11) is -4.01. The summed E-state index contributed by atoms with van der Waals surface area (Å²) in [5, 5.41) is 12.9. The highest BCUT2D eigenvalue weighted by Gasteiger charge is 2.38. The summed E-state index contributed by atoms with van der Waals surface area (Å²) in [6.45, 7) is 3.87. The van der Waals surface area contributed by atoms with Crippen LogP contribution >= 0.6 is 0 Å².